The number of H-pyrrole nitrogens is 1. The quantitative estimate of drug-likeness (QED) is 0.769. The number of aromatic amines is 1. The van der Waals surface area contributed by atoms with Crippen molar-refractivity contribution in [2.24, 2.45) is 0 Å². The van der Waals surface area contributed by atoms with Crippen LogP contribution in [0.25, 0.3) is 11.0 Å². The van der Waals surface area contributed by atoms with Crippen LogP contribution in [0.15, 0.2) is 42.5 Å². The summed E-state index contributed by atoms with van der Waals surface area (Å²) >= 11 is 0. The van der Waals surface area contributed by atoms with Crippen LogP contribution in [0.3, 0.4) is 0 Å². The number of carbonyl (C=O) groups is 1. The number of hydrogen-bond acceptors (Lipinski definition) is 2. The van der Waals surface area contributed by atoms with E-state index in [1.54, 1.807) is 0 Å². The number of aryl methyl sites for hydroxylation is 3. The summed E-state index contributed by atoms with van der Waals surface area (Å²) in [5, 5.41) is 2.94. The van der Waals surface area contributed by atoms with Crippen LogP contribution in [-0.2, 0) is 11.2 Å². The molecule has 2 N–H and O–H groups in total. The van der Waals surface area contributed by atoms with E-state index in [1.807, 2.05) is 25.1 Å². The molecule has 112 valence electrons. The summed E-state index contributed by atoms with van der Waals surface area (Å²) in [5.74, 6) is 0.897. The van der Waals surface area contributed by atoms with Crippen LogP contribution in [0, 0.1) is 13.8 Å². The molecule has 0 fully saturated rings. The monoisotopic (exact) mass is 293 g/mol. The van der Waals surface area contributed by atoms with Crippen LogP contribution in [-0.4, -0.2) is 15.9 Å². The second-order valence-corrected chi connectivity index (χ2v) is 5.59. The summed E-state index contributed by atoms with van der Waals surface area (Å²) in [6.07, 6.45) is 1.22. The van der Waals surface area contributed by atoms with Crippen LogP contribution in [0.4, 0.5) is 5.69 Å². The molecule has 3 aromatic rings. The number of anilines is 1. The fourth-order valence-electron chi connectivity index (χ4n) is 2.45. The molecule has 0 bridgehead atoms. The summed E-state index contributed by atoms with van der Waals surface area (Å²) in [4.78, 5) is 19.6. The van der Waals surface area contributed by atoms with Gasteiger partial charge >= 0.3 is 0 Å². The number of amides is 1. The number of imidazole rings is 1. The maximum Gasteiger partial charge on any atom is 0.224 e. The molecule has 0 saturated carbocycles. The van der Waals surface area contributed by atoms with Crippen LogP contribution in [0.1, 0.15) is 23.4 Å². The Kier molecular flexibility index (Phi) is 3.92. The van der Waals surface area contributed by atoms with Crippen molar-refractivity contribution in [3.8, 4) is 0 Å². The van der Waals surface area contributed by atoms with Crippen molar-refractivity contribution in [1.82, 2.24) is 9.97 Å². The molecular weight excluding hydrogens is 274 g/mol. The summed E-state index contributed by atoms with van der Waals surface area (Å²) in [5.41, 5.74) is 5.06. The smallest absolute Gasteiger partial charge is 0.224 e. The predicted octanol–water partition coefficient (Wildman–Crippen LogP) is 3.75. The molecule has 1 amide bonds. The SMILES string of the molecule is Cc1ccc(CCC(=O)Nc2ccc3nc(C)[nH]c3c2)cc1. The summed E-state index contributed by atoms with van der Waals surface area (Å²) in [7, 11) is 0. The number of carbonyl (C=O) groups excluding carboxylic acids is 1. The van der Waals surface area contributed by atoms with Crippen molar-refractivity contribution >= 4 is 22.6 Å². The third kappa shape index (κ3) is 3.34. The Balaban J connectivity index is 1.61. The number of nitrogens with one attached hydrogen (secondary N) is 2. The van der Waals surface area contributed by atoms with Crippen LogP contribution in [0.2, 0.25) is 0 Å². The molecule has 0 aliphatic carbocycles. The summed E-state index contributed by atoms with van der Waals surface area (Å²) in [6, 6.07) is 14.0. The van der Waals surface area contributed by atoms with E-state index >= 15 is 0 Å². The summed E-state index contributed by atoms with van der Waals surface area (Å²) in [6.45, 7) is 3.98. The Morgan fingerprint density at radius 3 is 2.68 bits per heavy atom. The number of aromatic nitrogens is 2. The standard InChI is InChI=1S/C18H19N3O/c1-12-3-5-14(6-4-12)7-10-18(22)21-15-8-9-16-17(11-15)20-13(2)19-16/h3-6,8-9,11H,7,10H2,1-2H3,(H,19,20)(H,21,22). The first-order valence-corrected chi connectivity index (χ1v) is 7.42. The van der Waals surface area contributed by atoms with Gasteiger partial charge in [0.25, 0.3) is 0 Å². The second-order valence-electron chi connectivity index (χ2n) is 5.59. The van der Waals surface area contributed by atoms with E-state index in [1.165, 1.54) is 11.1 Å². The average Bonchev–Trinajstić information content (AvgIpc) is 2.86. The minimum absolute atomic E-state index is 0.0242. The number of nitrogens with zero attached hydrogens (tertiary/aromatic N) is 1. The molecular formula is C18H19N3O. The van der Waals surface area contributed by atoms with Gasteiger partial charge in [-0.25, -0.2) is 4.98 Å². The molecule has 22 heavy (non-hydrogen) atoms. The third-order valence-electron chi connectivity index (χ3n) is 3.65. The first kappa shape index (κ1) is 14.3. The van der Waals surface area contributed by atoms with Gasteiger partial charge in [0.05, 0.1) is 11.0 Å². The van der Waals surface area contributed by atoms with Gasteiger partial charge in [0.1, 0.15) is 5.82 Å². The van der Waals surface area contributed by atoms with Gasteiger partial charge in [-0.15, -0.1) is 0 Å². The van der Waals surface area contributed by atoms with Crippen LogP contribution >= 0.6 is 0 Å². The van der Waals surface area contributed by atoms with E-state index in [2.05, 4.69) is 46.5 Å². The zero-order chi connectivity index (χ0) is 15.5. The van der Waals surface area contributed by atoms with Crippen molar-refractivity contribution in [3.05, 3.63) is 59.4 Å². The first-order chi connectivity index (χ1) is 10.6. The zero-order valence-corrected chi connectivity index (χ0v) is 12.8. The van der Waals surface area contributed by atoms with E-state index < -0.39 is 0 Å². The molecule has 0 atom stereocenters. The number of fused-ring (bicyclic) bond motifs is 1. The molecule has 4 heteroatoms. The second kappa shape index (κ2) is 6.02. The lowest BCUT2D eigenvalue weighted by Gasteiger charge is -2.05. The van der Waals surface area contributed by atoms with Gasteiger partial charge in [0.2, 0.25) is 5.91 Å². The van der Waals surface area contributed by atoms with Crippen LogP contribution < -0.4 is 5.32 Å². The highest BCUT2D eigenvalue weighted by Gasteiger charge is 2.05. The Morgan fingerprint density at radius 2 is 1.91 bits per heavy atom. The van der Waals surface area contributed by atoms with E-state index in [9.17, 15) is 4.79 Å². The van der Waals surface area contributed by atoms with E-state index in [0.717, 1.165) is 29.0 Å². The molecule has 0 spiro atoms. The molecule has 1 heterocycles. The van der Waals surface area contributed by atoms with Crippen molar-refractivity contribution in [3.63, 3.8) is 0 Å². The van der Waals surface area contributed by atoms with Crippen molar-refractivity contribution in [1.29, 1.82) is 0 Å². The lowest BCUT2D eigenvalue weighted by atomic mass is 10.1. The van der Waals surface area contributed by atoms with Crippen molar-refractivity contribution in [2.45, 2.75) is 26.7 Å². The molecule has 1 aromatic heterocycles. The highest BCUT2D eigenvalue weighted by molar-refractivity contribution is 5.93. The molecule has 0 aliphatic rings. The molecule has 3 rings (SSSR count). The van der Waals surface area contributed by atoms with Crippen molar-refractivity contribution in [2.75, 3.05) is 5.32 Å². The van der Waals surface area contributed by atoms with Gasteiger partial charge in [-0.1, -0.05) is 29.8 Å². The normalized spacial score (nSPS) is 10.8. The van der Waals surface area contributed by atoms with Gasteiger partial charge in [-0.3, -0.25) is 4.79 Å². The topological polar surface area (TPSA) is 57.8 Å². The molecule has 0 radical (unpaired) electrons. The van der Waals surface area contributed by atoms with Gasteiger partial charge < -0.3 is 10.3 Å². The van der Waals surface area contributed by atoms with Gasteiger partial charge in [-0.2, -0.15) is 0 Å². The average molecular weight is 293 g/mol. The largest absolute Gasteiger partial charge is 0.342 e. The highest BCUT2D eigenvalue weighted by atomic mass is 16.1. The zero-order valence-electron chi connectivity index (χ0n) is 12.8. The Hall–Kier alpha value is -2.62. The third-order valence-corrected chi connectivity index (χ3v) is 3.65. The maximum absolute atomic E-state index is 12.1. The minimum Gasteiger partial charge on any atom is -0.342 e. The number of rotatable bonds is 4. The summed E-state index contributed by atoms with van der Waals surface area (Å²) < 4.78 is 0. The lowest BCUT2D eigenvalue weighted by Crippen LogP contribution is -2.12. The lowest BCUT2D eigenvalue weighted by molar-refractivity contribution is -0.116. The molecule has 0 aliphatic heterocycles. The first-order valence-electron chi connectivity index (χ1n) is 7.42. The van der Waals surface area contributed by atoms with Crippen molar-refractivity contribution < 1.29 is 4.79 Å². The van der Waals surface area contributed by atoms with Gasteiger partial charge in [0, 0.05) is 12.1 Å². The highest BCUT2D eigenvalue weighted by Crippen LogP contribution is 2.17. The molecule has 4 nitrogen and oxygen atoms in total. The molecule has 0 unspecified atom stereocenters. The van der Waals surface area contributed by atoms with Gasteiger partial charge in [0.15, 0.2) is 0 Å². The molecule has 0 saturated heterocycles. The number of benzene rings is 2. The van der Waals surface area contributed by atoms with E-state index in [4.69, 9.17) is 0 Å². The Labute approximate surface area is 129 Å². The Bertz CT molecular complexity index is 803. The predicted molar refractivity (Wildman–Crippen MR) is 89.0 cm³/mol. The Morgan fingerprint density at radius 1 is 1.14 bits per heavy atom. The minimum atomic E-state index is 0.0242. The van der Waals surface area contributed by atoms with E-state index in [-0.39, 0.29) is 5.91 Å². The van der Waals surface area contributed by atoms with Crippen LogP contribution in [0.5, 0.6) is 0 Å². The fraction of sp³-hybridized carbons (Fsp3) is 0.222. The molecule has 2 aromatic carbocycles. The van der Waals surface area contributed by atoms with E-state index in [0.29, 0.717) is 6.42 Å². The van der Waals surface area contributed by atoms with Gasteiger partial charge in [-0.05, 0) is 44.0 Å². The number of hydrogen-bond donors (Lipinski definition) is 2. The maximum atomic E-state index is 12.1. The fourth-order valence-corrected chi connectivity index (χ4v) is 2.45.